The number of aromatic nitrogens is 1. The predicted molar refractivity (Wildman–Crippen MR) is 139 cm³/mol. The van der Waals surface area contributed by atoms with Crippen LogP contribution >= 0.6 is 0 Å². The van der Waals surface area contributed by atoms with Gasteiger partial charge in [-0.25, -0.2) is 0 Å². The number of para-hydroxylation sites is 1. The quantitative estimate of drug-likeness (QED) is 0.496. The Morgan fingerprint density at radius 2 is 1.52 bits per heavy atom. The minimum Gasteiger partial charge on any atom is -0.402 e. The van der Waals surface area contributed by atoms with E-state index in [9.17, 15) is 0 Å². The molecule has 0 aliphatic carbocycles. The first-order valence-electron chi connectivity index (χ1n) is 11.5. The highest BCUT2D eigenvalue weighted by Gasteiger charge is 2.20. The molecule has 1 aromatic heterocycles. The molecule has 1 aromatic carbocycles. The zero-order chi connectivity index (χ0) is 24.0. The van der Waals surface area contributed by atoms with Crippen molar-refractivity contribution in [3.8, 4) is 11.1 Å². The van der Waals surface area contributed by atoms with E-state index in [1.165, 1.54) is 6.42 Å². The van der Waals surface area contributed by atoms with Crippen molar-refractivity contribution in [1.82, 2.24) is 4.98 Å². The van der Waals surface area contributed by atoms with Gasteiger partial charge in [-0.05, 0) is 30.0 Å². The van der Waals surface area contributed by atoms with Crippen molar-refractivity contribution in [2.24, 2.45) is 23.0 Å². The van der Waals surface area contributed by atoms with E-state index in [0.717, 1.165) is 45.7 Å². The van der Waals surface area contributed by atoms with Crippen molar-refractivity contribution in [3.63, 3.8) is 0 Å². The van der Waals surface area contributed by atoms with Gasteiger partial charge in [0.15, 0.2) is 0 Å². The molecule has 0 amide bonds. The summed E-state index contributed by atoms with van der Waals surface area (Å²) < 4.78 is 0. The summed E-state index contributed by atoms with van der Waals surface area (Å²) in [5.41, 5.74) is 17.8. The highest BCUT2D eigenvalue weighted by Crippen LogP contribution is 2.33. The van der Waals surface area contributed by atoms with Crippen molar-refractivity contribution in [2.75, 3.05) is 5.73 Å². The first kappa shape index (κ1) is 26.7. The van der Waals surface area contributed by atoms with E-state index in [4.69, 9.17) is 16.5 Å². The van der Waals surface area contributed by atoms with Gasteiger partial charge in [0.2, 0.25) is 0 Å². The maximum Gasteiger partial charge on any atom is 0.0729 e. The summed E-state index contributed by atoms with van der Waals surface area (Å²) in [6.45, 7) is 21.9. The van der Waals surface area contributed by atoms with Crippen LogP contribution in [-0.2, 0) is 5.41 Å². The number of nitrogen functional groups attached to an aromatic ring is 1. The number of nitrogens with zero attached hydrogens (tertiary/aromatic N) is 1. The minimum absolute atomic E-state index is 0.0279. The van der Waals surface area contributed by atoms with E-state index in [0.29, 0.717) is 0 Å². The maximum absolute atomic E-state index is 6.32. The lowest BCUT2D eigenvalue weighted by molar-refractivity contribution is 0.407. The third kappa shape index (κ3) is 8.05. The molecule has 0 spiro atoms. The molecule has 2 rings (SSSR count). The lowest BCUT2D eigenvalue weighted by Gasteiger charge is -2.22. The fraction of sp³-hybridized carbons (Fsp3) is 0.536. The van der Waals surface area contributed by atoms with Crippen LogP contribution in [0.2, 0.25) is 0 Å². The second-order valence-corrected chi connectivity index (χ2v) is 10.9. The average molecular weight is 424 g/mol. The Morgan fingerprint density at radius 3 is 1.94 bits per heavy atom. The van der Waals surface area contributed by atoms with E-state index in [-0.39, 0.29) is 10.8 Å². The molecule has 0 saturated carbocycles. The molecule has 3 nitrogen and oxygen atoms in total. The van der Waals surface area contributed by atoms with Gasteiger partial charge in [-0.1, -0.05) is 99.9 Å². The molecule has 172 valence electrons. The molecule has 0 fully saturated rings. The Balaban J connectivity index is 0.000000592. The molecule has 0 aliphatic rings. The number of rotatable bonds is 4. The third-order valence-corrected chi connectivity index (χ3v) is 5.88. The molecule has 4 N–H and O–H groups in total. The van der Waals surface area contributed by atoms with Crippen LogP contribution < -0.4 is 11.5 Å². The topological polar surface area (TPSA) is 64.9 Å². The number of anilines is 1. The number of nitrogens with two attached hydrogens (primary N) is 2. The summed E-state index contributed by atoms with van der Waals surface area (Å²) in [7, 11) is 0. The molecule has 0 bridgehead atoms. The Kier molecular flexibility index (Phi) is 9.35. The van der Waals surface area contributed by atoms with Crippen LogP contribution in [0, 0.1) is 17.3 Å². The van der Waals surface area contributed by atoms with Crippen LogP contribution in [0.15, 0.2) is 42.1 Å². The Morgan fingerprint density at radius 1 is 0.935 bits per heavy atom. The van der Waals surface area contributed by atoms with Gasteiger partial charge >= 0.3 is 0 Å². The first-order chi connectivity index (χ1) is 14.2. The average Bonchev–Trinajstić information content (AvgIpc) is 2.67. The van der Waals surface area contributed by atoms with Gasteiger partial charge in [0, 0.05) is 39.0 Å². The Labute approximate surface area is 191 Å². The van der Waals surface area contributed by atoms with E-state index in [1.54, 1.807) is 0 Å². The normalized spacial score (nSPS) is 13.6. The van der Waals surface area contributed by atoms with Gasteiger partial charge in [0.1, 0.15) is 0 Å². The van der Waals surface area contributed by atoms with Crippen molar-refractivity contribution in [2.45, 2.75) is 81.1 Å². The van der Waals surface area contributed by atoms with Gasteiger partial charge in [-0.2, -0.15) is 0 Å². The van der Waals surface area contributed by atoms with Gasteiger partial charge in [-0.3, -0.25) is 4.98 Å². The summed E-state index contributed by atoms with van der Waals surface area (Å²) >= 11 is 0. The van der Waals surface area contributed by atoms with Crippen LogP contribution in [0.1, 0.15) is 87.0 Å². The van der Waals surface area contributed by atoms with Gasteiger partial charge in [-0.15, -0.1) is 0 Å². The largest absolute Gasteiger partial charge is 0.402 e. The summed E-state index contributed by atoms with van der Waals surface area (Å²) in [6.07, 6.45) is 3.30. The molecule has 1 unspecified atom stereocenters. The molecule has 0 saturated heterocycles. The molecule has 1 atom stereocenters. The number of benzene rings is 1. The fourth-order valence-corrected chi connectivity index (χ4v) is 2.81. The molecule has 0 radical (unpaired) electrons. The second kappa shape index (κ2) is 10.8. The lowest BCUT2D eigenvalue weighted by atomic mass is 9.88. The van der Waals surface area contributed by atoms with E-state index in [2.05, 4.69) is 81.4 Å². The SMILES string of the molecule is CC(C)(C)/C(N)=C/c1nc(C(C)(C)C)ccc1-c1ccccc1N.CCC(C)C(C)C. The Hall–Kier alpha value is -2.29. The van der Waals surface area contributed by atoms with E-state index >= 15 is 0 Å². The lowest BCUT2D eigenvalue weighted by Crippen LogP contribution is -2.18. The molecule has 2 aromatic rings. The van der Waals surface area contributed by atoms with Crippen LogP contribution in [0.5, 0.6) is 0 Å². The summed E-state index contributed by atoms with van der Waals surface area (Å²) in [5, 5.41) is 0. The summed E-state index contributed by atoms with van der Waals surface area (Å²) in [6, 6.07) is 12.0. The van der Waals surface area contributed by atoms with Gasteiger partial charge < -0.3 is 11.5 Å². The van der Waals surface area contributed by atoms with Crippen molar-refractivity contribution >= 4 is 11.8 Å². The molecular formula is C28H45N3. The number of pyridine rings is 1. The molecular weight excluding hydrogens is 378 g/mol. The zero-order valence-corrected chi connectivity index (χ0v) is 21.5. The number of hydrogen-bond acceptors (Lipinski definition) is 3. The number of hydrogen-bond donors (Lipinski definition) is 2. The van der Waals surface area contributed by atoms with Crippen LogP contribution in [-0.4, -0.2) is 4.98 Å². The van der Waals surface area contributed by atoms with Crippen LogP contribution in [0.25, 0.3) is 17.2 Å². The first-order valence-corrected chi connectivity index (χ1v) is 11.5. The smallest absolute Gasteiger partial charge is 0.0729 e. The third-order valence-electron chi connectivity index (χ3n) is 5.88. The Bertz CT molecular complexity index is 865. The fourth-order valence-electron chi connectivity index (χ4n) is 2.81. The van der Waals surface area contributed by atoms with Gasteiger partial charge in [0.25, 0.3) is 0 Å². The monoisotopic (exact) mass is 423 g/mol. The molecule has 31 heavy (non-hydrogen) atoms. The van der Waals surface area contributed by atoms with Crippen molar-refractivity contribution in [3.05, 3.63) is 53.5 Å². The maximum atomic E-state index is 6.32. The summed E-state index contributed by atoms with van der Waals surface area (Å²) in [4.78, 5) is 4.90. The molecule has 1 heterocycles. The van der Waals surface area contributed by atoms with Crippen LogP contribution in [0.3, 0.4) is 0 Å². The van der Waals surface area contributed by atoms with Crippen molar-refractivity contribution in [1.29, 1.82) is 0 Å². The predicted octanol–water partition coefficient (Wildman–Crippen LogP) is 7.66. The standard InChI is InChI=1S/C21H29N3.C7H16/c1-20(2,3)18(23)13-17-15(14-9-7-8-10-16(14)22)11-12-19(24-17)21(4,5)6;1-5-7(4)6(2)3/h7-13H,22-23H2,1-6H3;6-7H,5H2,1-4H3/b18-13-;. The minimum atomic E-state index is -0.112. The van der Waals surface area contributed by atoms with Crippen molar-refractivity contribution < 1.29 is 0 Å². The highest BCUT2D eigenvalue weighted by molar-refractivity contribution is 5.82. The molecule has 0 aliphatic heterocycles. The number of allylic oxidation sites excluding steroid dienone is 1. The highest BCUT2D eigenvalue weighted by atomic mass is 14.7. The van der Waals surface area contributed by atoms with E-state index < -0.39 is 0 Å². The van der Waals surface area contributed by atoms with Gasteiger partial charge in [0.05, 0.1) is 5.69 Å². The molecule has 3 heteroatoms. The second-order valence-electron chi connectivity index (χ2n) is 10.9. The zero-order valence-electron chi connectivity index (χ0n) is 21.5. The summed E-state index contributed by atoms with van der Waals surface area (Å²) in [5.74, 6) is 1.77. The van der Waals surface area contributed by atoms with E-state index in [1.807, 2.05) is 30.3 Å². The van der Waals surface area contributed by atoms with Crippen LogP contribution in [0.4, 0.5) is 5.69 Å².